The van der Waals surface area contributed by atoms with Crippen LogP contribution in [0.1, 0.15) is 26.6 Å². The predicted octanol–water partition coefficient (Wildman–Crippen LogP) is 3.14. The zero-order chi connectivity index (χ0) is 19.5. The van der Waals surface area contributed by atoms with Gasteiger partial charge in [0, 0.05) is 6.54 Å². The summed E-state index contributed by atoms with van der Waals surface area (Å²) in [4.78, 5) is 20.8. The number of aromatic nitrogens is 5. The van der Waals surface area contributed by atoms with Crippen LogP contribution in [0.5, 0.6) is 0 Å². The van der Waals surface area contributed by atoms with Crippen LogP contribution in [0.25, 0.3) is 10.2 Å². The molecule has 3 heterocycles. The molecule has 9 heteroatoms. The maximum absolute atomic E-state index is 11.4. The summed E-state index contributed by atoms with van der Waals surface area (Å²) < 4.78 is 2.00. The molecule has 0 amide bonds. The van der Waals surface area contributed by atoms with Crippen molar-refractivity contribution in [3.05, 3.63) is 64.8 Å². The molecule has 4 rings (SSSR count). The molecule has 0 aliphatic carbocycles. The lowest BCUT2D eigenvalue weighted by molar-refractivity contribution is 0.0701. The lowest BCUT2D eigenvalue weighted by Crippen LogP contribution is -2.11. The smallest absolute Gasteiger partial charge is 0.346 e. The Kier molecular flexibility index (Phi) is 4.98. The Labute approximate surface area is 164 Å². The average molecular weight is 394 g/mol. The number of hydrogen-bond donors (Lipinski definition) is 2. The largest absolute Gasteiger partial charge is 0.477 e. The molecule has 28 heavy (non-hydrogen) atoms. The number of carboxylic acids is 1. The van der Waals surface area contributed by atoms with Gasteiger partial charge in [0.1, 0.15) is 28.2 Å². The summed E-state index contributed by atoms with van der Waals surface area (Å²) >= 11 is 1.15. The Morgan fingerprint density at radius 1 is 1.25 bits per heavy atom. The number of thiophene rings is 1. The van der Waals surface area contributed by atoms with E-state index >= 15 is 0 Å². The van der Waals surface area contributed by atoms with Crippen LogP contribution in [0.3, 0.4) is 0 Å². The summed E-state index contributed by atoms with van der Waals surface area (Å²) in [7, 11) is 0. The minimum absolute atomic E-state index is 0.282. The van der Waals surface area contributed by atoms with E-state index in [9.17, 15) is 9.90 Å². The third-order valence-electron chi connectivity index (χ3n) is 4.51. The van der Waals surface area contributed by atoms with Crippen molar-refractivity contribution in [2.24, 2.45) is 0 Å². The second-order valence-electron chi connectivity index (χ2n) is 6.29. The predicted molar refractivity (Wildman–Crippen MR) is 107 cm³/mol. The van der Waals surface area contributed by atoms with Crippen LogP contribution in [0, 0.1) is 6.92 Å². The van der Waals surface area contributed by atoms with Crippen LogP contribution in [0.4, 0.5) is 5.82 Å². The third-order valence-corrected chi connectivity index (χ3v) is 5.70. The van der Waals surface area contributed by atoms with Crippen molar-refractivity contribution < 1.29 is 9.90 Å². The highest BCUT2D eigenvalue weighted by Crippen LogP contribution is 2.33. The van der Waals surface area contributed by atoms with Crippen LogP contribution in [0.2, 0.25) is 0 Å². The minimum atomic E-state index is -0.952. The van der Waals surface area contributed by atoms with Crippen LogP contribution >= 0.6 is 11.3 Å². The highest BCUT2D eigenvalue weighted by atomic mass is 32.1. The van der Waals surface area contributed by atoms with Gasteiger partial charge in [-0.05, 0) is 24.5 Å². The van der Waals surface area contributed by atoms with Crippen molar-refractivity contribution in [1.82, 2.24) is 24.7 Å². The fourth-order valence-electron chi connectivity index (χ4n) is 3.07. The first-order chi connectivity index (χ1) is 13.6. The molecule has 0 unspecified atom stereocenters. The Balaban J connectivity index is 1.51. The van der Waals surface area contributed by atoms with Gasteiger partial charge in [-0.1, -0.05) is 30.3 Å². The number of carbonyl (C=O) groups is 1. The van der Waals surface area contributed by atoms with Gasteiger partial charge >= 0.3 is 5.97 Å². The number of fused-ring (bicyclic) bond motifs is 1. The average Bonchev–Trinajstić information content (AvgIpc) is 3.30. The number of nitrogens with one attached hydrogen (secondary N) is 1. The second kappa shape index (κ2) is 7.73. The van der Waals surface area contributed by atoms with E-state index in [-0.39, 0.29) is 4.88 Å². The fourth-order valence-corrected chi connectivity index (χ4v) is 4.06. The molecule has 0 atom stereocenters. The fraction of sp³-hybridized carbons (Fsp3) is 0.211. The van der Waals surface area contributed by atoms with E-state index in [1.807, 2.05) is 22.8 Å². The molecule has 2 N–H and O–H groups in total. The Bertz CT molecular complexity index is 1120. The summed E-state index contributed by atoms with van der Waals surface area (Å²) in [5, 5.41) is 21.6. The number of benzene rings is 1. The van der Waals surface area contributed by atoms with Gasteiger partial charge in [-0.15, -0.1) is 21.5 Å². The Hall–Kier alpha value is -3.33. The standard InChI is InChI=1S/C19H18N6O2S/c1-12-15-17(21-10-22-18(15)28-16(12)19(26)27)20-9-14-24-23-11-25(14)8-7-13-5-3-2-4-6-13/h2-6,10-11H,7-9H2,1H3,(H,26,27)(H,20,21,22). The number of anilines is 1. The molecule has 0 spiro atoms. The number of nitrogens with zero attached hydrogens (tertiary/aromatic N) is 5. The Morgan fingerprint density at radius 3 is 2.86 bits per heavy atom. The van der Waals surface area contributed by atoms with E-state index in [0.29, 0.717) is 22.8 Å². The summed E-state index contributed by atoms with van der Waals surface area (Å²) in [6.07, 6.45) is 4.04. The van der Waals surface area contributed by atoms with E-state index in [1.54, 1.807) is 13.3 Å². The quantitative estimate of drug-likeness (QED) is 0.496. The molecule has 1 aromatic carbocycles. The molecule has 3 aromatic heterocycles. The molecule has 0 aliphatic rings. The van der Waals surface area contributed by atoms with E-state index in [2.05, 4.69) is 37.6 Å². The maximum atomic E-state index is 11.4. The third kappa shape index (κ3) is 3.56. The summed E-state index contributed by atoms with van der Waals surface area (Å²) in [6.45, 7) is 2.98. The number of hydrogen-bond acceptors (Lipinski definition) is 7. The zero-order valence-corrected chi connectivity index (χ0v) is 16.0. The molecule has 0 saturated carbocycles. The minimum Gasteiger partial charge on any atom is -0.477 e. The van der Waals surface area contributed by atoms with Crippen LogP contribution in [0.15, 0.2) is 43.0 Å². The molecule has 8 nitrogen and oxygen atoms in total. The van der Waals surface area contributed by atoms with Crippen LogP contribution in [-0.4, -0.2) is 35.8 Å². The summed E-state index contributed by atoms with van der Waals surface area (Å²) in [6, 6.07) is 10.2. The van der Waals surface area contributed by atoms with Gasteiger partial charge < -0.3 is 15.0 Å². The van der Waals surface area contributed by atoms with Gasteiger partial charge in [0.15, 0.2) is 5.82 Å². The molecular formula is C19H18N6O2S. The van der Waals surface area contributed by atoms with Crippen molar-refractivity contribution in [2.75, 3.05) is 5.32 Å². The van der Waals surface area contributed by atoms with Crippen molar-refractivity contribution in [3.63, 3.8) is 0 Å². The van der Waals surface area contributed by atoms with Crippen LogP contribution < -0.4 is 5.32 Å². The van der Waals surface area contributed by atoms with Crippen molar-refractivity contribution >= 4 is 33.3 Å². The normalized spacial score (nSPS) is 11.0. The summed E-state index contributed by atoms with van der Waals surface area (Å²) in [5.74, 6) is 0.435. The second-order valence-corrected chi connectivity index (χ2v) is 7.29. The lowest BCUT2D eigenvalue weighted by Gasteiger charge is -2.09. The zero-order valence-electron chi connectivity index (χ0n) is 15.2. The molecule has 4 aromatic rings. The number of rotatable bonds is 7. The van der Waals surface area contributed by atoms with Crippen molar-refractivity contribution in [1.29, 1.82) is 0 Å². The number of aromatic carboxylic acids is 1. The summed E-state index contributed by atoms with van der Waals surface area (Å²) in [5.41, 5.74) is 1.92. The number of aryl methyl sites for hydroxylation is 3. The van der Waals surface area contributed by atoms with Gasteiger partial charge in [0.25, 0.3) is 0 Å². The number of carboxylic acid groups (broad SMARTS) is 1. The lowest BCUT2D eigenvalue weighted by atomic mass is 10.1. The first kappa shape index (κ1) is 18.1. The van der Waals surface area contributed by atoms with Crippen molar-refractivity contribution in [3.8, 4) is 0 Å². The molecule has 0 saturated heterocycles. The van der Waals surface area contributed by atoms with E-state index in [1.165, 1.54) is 11.9 Å². The maximum Gasteiger partial charge on any atom is 0.346 e. The Morgan fingerprint density at radius 2 is 2.07 bits per heavy atom. The molecule has 0 bridgehead atoms. The molecular weight excluding hydrogens is 376 g/mol. The van der Waals surface area contributed by atoms with Gasteiger partial charge in [-0.25, -0.2) is 14.8 Å². The molecule has 0 radical (unpaired) electrons. The first-order valence-electron chi connectivity index (χ1n) is 8.75. The van der Waals surface area contributed by atoms with Gasteiger partial charge in [-0.3, -0.25) is 0 Å². The van der Waals surface area contributed by atoms with Crippen LogP contribution in [-0.2, 0) is 19.5 Å². The SMILES string of the molecule is Cc1c(C(=O)O)sc2ncnc(NCc3nncn3CCc3ccccc3)c12. The molecule has 0 fully saturated rings. The topological polar surface area (TPSA) is 106 Å². The molecule has 142 valence electrons. The molecule has 0 aliphatic heterocycles. The highest BCUT2D eigenvalue weighted by Gasteiger charge is 2.18. The highest BCUT2D eigenvalue weighted by molar-refractivity contribution is 7.20. The van der Waals surface area contributed by atoms with E-state index < -0.39 is 5.97 Å². The van der Waals surface area contributed by atoms with Crippen molar-refractivity contribution in [2.45, 2.75) is 26.4 Å². The first-order valence-corrected chi connectivity index (χ1v) is 9.57. The van der Waals surface area contributed by atoms with E-state index in [0.717, 1.165) is 35.5 Å². The van der Waals surface area contributed by atoms with Gasteiger partial charge in [0.05, 0.1) is 11.9 Å². The monoisotopic (exact) mass is 394 g/mol. The van der Waals surface area contributed by atoms with E-state index in [4.69, 9.17) is 0 Å². The van der Waals surface area contributed by atoms with Gasteiger partial charge in [-0.2, -0.15) is 0 Å². The van der Waals surface area contributed by atoms with Gasteiger partial charge in [0.2, 0.25) is 0 Å².